The van der Waals surface area contributed by atoms with E-state index in [4.69, 9.17) is 5.73 Å². The SMILES string of the molecule is Nc1cccc(F)c1S(=O)(=O)NCC(C1CC1)C1CC1. The van der Waals surface area contributed by atoms with Gasteiger partial charge in [0.15, 0.2) is 0 Å². The first-order valence-electron chi connectivity index (χ1n) is 7.02. The second-order valence-electron chi connectivity index (χ2n) is 5.85. The van der Waals surface area contributed by atoms with Gasteiger partial charge < -0.3 is 5.73 Å². The lowest BCUT2D eigenvalue weighted by atomic mass is 9.99. The maximum atomic E-state index is 13.7. The van der Waals surface area contributed by atoms with Gasteiger partial charge in [0.25, 0.3) is 0 Å². The first-order chi connectivity index (χ1) is 9.49. The highest BCUT2D eigenvalue weighted by atomic mass is 32.2. The van der Waals surface area contributed by atoms with Crippen molar-refractivity contribution in [2.24, 2.45) is 17.8 Å². The Bertz CT molecular complexity index is 577. The lowest BCUT2D eigenvalue weighted by Gasteiger charge is -2.17. The number of nitrogens with one attached hydrogen (secondary N) is 1. The summed E-state index contributed by atoms with van der Waals surface area (Å²) in [6.07, 6.45) is 4.74. The summed E-state index contributed by atoms with van der Waals surface area (Å²) in [5.41, 5.74) is 5.55. The van der Waals surface area contributed by atoms with E-state index >= 15 is 0 Å². The third kappa shape index (κ3) is 2.81. The summed E-state index contributed by atoms with van der Waals surface area (Å²) >= 11 is 0. The van der Waals surface area contributed by atoms with Crippen LogP contribution in [0.25, 0.3) is 0 Å². The average molecular weight is 298 g/mol. The number of sulfonamides is 1. The van der Waals surface area contributed by atoms with Gasteiger partial charge in [0, 0.05) is 6.54 Å². The van der Waals surface area contributed by atoms with Gasteiger partial charge in [-0.25, -0.2) is 17.5 Å². The van der Waals surface area contributed by atoms with Crippen LogP contribution in [0.4, 0.5) is 10.1 Å². The molecule has 1 aromatic rings. The van der Waals surface area contributed by atoms with Gasteiger partial charge in [-0.1, -0.05) is 6.07 Å². The first-order valence-corrected chi connectivity index (χ1v) is 8.51. The van der Waals surface area contributed by atoms with E-state index in [2.05, 4.69) is 4.72 Å². The first kappa shape index (κ1) is 13.8. The van der Waals surface area contributed by atoms with Crippen LogP contribution in [0, 0.1) is 23.6 Å². The molecule has 0 amide bonds. The van der Waals surface area contributed by atoms with Gasteiger partial charge in [0.2, 0.25) is 10.0 Å². The molecule has 20 heavy (non-hydrogen) atoms. The molecule has 0 aromatic heterocycles. The molecule has 2 saturated carbocycles. The van der Waals surface area contributed by atoms with E-state index in [9.17, 15) is 12.8 Å². The van der Waals surface area contributed by atoms with Crippen molar-refractivity contribution in [1.82, 2.24) is 4.72 Å². The molecule has 1 aromatic carbocycles. The molecular formula is C14H19FN2O2S. The minimum Gasteiger partial charge on any atom is -0.398 e. The smallest absolute Gasteiger partial charge is 0.245 e. The molecule has 2 aliphatic carbocycles. The van der Waals surface area contributed by atoms with E-state index in [0.717, 1.165) is 6.07 Å². The molecule has 3 rings (SSSR count). The molecule has 0 aliphatic heterocycles. The predicted molar refractivity (Wildman–Crippen MR) is 74.9 cm³/mol. The van der Waals surface area contributed by atoms with Crippen molar-refractivity contribution in [3.05, 3.63) is 24.0 Å². The zero-order valence-corrected chi connectivity index (χ0v) is 12.0. The highest BCUT2D eigenvalue weighted by Crippen LogP contribution is 2.48. The third-order valence-electron chi connectivity index (χ3n) is 4.23. The predicted octanol–water partition coefficient (Wildman–Crippen LogP) is 2.12. The fraction of sp³-hybridized carbons (Fsp3) is 0.571. The Hall–Kier alpha value is -1.14. The van der Waals surface area contributed by atoms with E-state index in [-0.39, 0.29) is 5.69 Å². The summed E-state index contributed by atoms with van der Waals surface area (Å²) in [4.78, 5) is -0.426. The molecule has 0 bridgehead atoms. The minimum atomic E-state index is -3.88. The molecule has 3 N–H and O–H groups in total. The van der Waals surface area contributed by atoms with E-state index in [1.54, 1.807) is 0 Å². The van der Waals surface area contributed by atoms with Crippen LogP contribution in [0.1, 0.15) is 25.7 Å². The van der Waals surface area contributed by atoms with Crippen molar-refractivity contribution < 1.29 is 12.8 Å². The van der Waals surface area contributed by atoms with Crippen LogP contribution in [0.2, 0.25) is 0 Å². The van der Waals surface area contributed by atoms with E-state index in [1.807, 2.05) is 0 Å². The van der Waals surface area contributed by atoms with Crippen molar-refractivity contribution >= 4 is 15.7 Å². The molecule has 0 spiro atoms. The maximum Gasteiger partial charge on any atom is 0.245 e. The summed E-state index contributed by atoms with van der Waals surface area (Å²) in [6.45, 7) is 0.394. The molecule has 2 aliphatic rings. The standard InChI is InChI=1S/C14H19FN2O2S/c15-12-2-1-3-13(16)14(12)20(18,19)17-8-11(9-4-5-9)10-6-7-10/h1-3,9-11,17H,4-8,16H2. The zero-order chi connectivity index (χ0) is 14.3. The van der Waals surface area contributed by atoms with Crippen molar-refractivity contribution in [2.45, 2.75) is 30.6 Å². The molecule has 0 saturated heterocycles. The molecular weight excluding hydrogens is 279 g/mol. The number of nitrogens with two attached hydrogens (primary N) is 1. The van der Waals surface area contributed by atoms with Gasteiger partial charge in [0.1, 0.15) is 10.7 Å². The molecule has 0 unspecified atom stereocenters. The number of rotatable bonds is 6. The molecule has 6 heteroatoms. The Balaban J connectivity index is 1.75. The Labute approximate surface area is 118 Å². The van der Waals surface area contributed by atoms with Crippen molar-refractivity contribution in [3.8, 4) is 0 Å². The van der Waals surface area contributed by atoms with Crippen LogP contribution in [-0.4, -0.2) is 15.0 Å². The van der Waals surface area contributed by atoms with Crippen LogP contribution in [0.3, 0.4) is 0 Å². The van der Waals surface area contributed by atoms with Crippen LogP contribution in [0.15, 0.2) is 23.1 Å². The molecule has 110 valence electrons. The number of halogens is 1. The van der Waals surface area contributed by atoms with Crippen molar-refractivity contribution in [2.75, 3.05) is 12.3 Å². The van der Waals surface area contributed by atoms with Crippen LogP contribution in [0.5, 0.6) is 0 Å². The molecule has 4 nitrogen and oxygen atoms in total. The maximum absolute atomic E-state index is 13.7. The summed E-state index contributed by atoms with van der Waals surface area (Å²) in [5.74, 6) is 0.885. The topological polar surface area (TPSA) is 72.2 Å². The lowest BCUT2D eigenvalue weighted by Crippen LogP contribution is -2.32. The van der Waals surface area contributed by atoms with Crippen LogP contribution >= 0.6 is 0 Å². The number of benzene rings is 1. The largest absolute Gasteiger partial charge is 0.398 e. The Morgan fingerprint density at radius 1 is 1.25 bits per heavy atom. The summed E-state index contributed by atoms with van der Waals surface area (Å²) in [6, 6.07) is 3.92. The third-order valence-corrected chi connectivity index (χ3v) is 5.75. The van der Waals surface area contributed by atoms with Gasteiger partial charge in [-0.15, -0.1) is 0 Å². The van der Waals surface area contributed by atoms with Crippen molar-refractivity contribution in [1.29, 1.82) is 0 Å². The zero-order valence-electron chi connectivity index (χ0n) is 11.2. The van der Waals surface area contributed by atoms with E-state index in [0.29, 0.717) is 24.3 Å². The van der Waals surface area contributed by atoms with Crippen molar-refractivity contribution in [3.63, 3.8) is 0 Å². The van der Waals surface area contributed by atoms with Gasteiger partial charge in [-0.3, -0.25) is 0 Å². The van der Waals surface area contributed by atoms with Gasteiger partial charge in [-0.05, 0) is 55.6 Å². The average Bonchev–Trinajstić information content (AvgIpc) is 3.23. The fourth-order valence-corrected chi connectivity index (χ4v) is 4.11. The van der Waals surface area contributed by atoms with Crippen LogP contribution < -0.4 is 10.5 Å². The normalized spacial score (nSPS) is 19.5. The minimum absolute atomic E-state index is 0.0492. The van der Waals surface area contributed by atoms with E-state index in [1.165, 1.54) is 37.8 Å². The highest BCUT2D eigenvalue weighted by molar-refractivity contribution is 7.89. The molecule has 0 heterocycles. The van der Waals surface area contributed by atoms with Gasteiger partial charge in [-0.2, -0.15) is 0 Å². The van der Waals surface area contributed by atoms with Gasteiger partial charge >= 0.3 is 0 Å². The monoisotopic (exact) mass is 298 g/mol. The molecule has 2 fully saturated rings. The summed E-state index contributed by atoms with van der Waals surface area (Å²) < 4.78 is 40.7. The lowest BCUT2D eigenvalue weighted by molar-refractivity contribution is 0.401. The van der Waals surface area contributed by atoms with Crippen LogP contribution in [-0.2, 0) is 10.0 Å². The number of nitrogen functional groups attached to an aromatic ring is 1. The van der Waals surface area contributed by atoms with Gasteiger partial charge in [0.05, 0.1) is 5.69 Å². The van der Waals surface area contributed by atoms with E-state index < -0.39 is 20.7 Å². The number of anilines is 1. The second-order valence-corrected chi connectivity index (χ2v) is 7.55. The number of hydrogen-bond acceptors (Lipinski definition) is 3. The Morgan fingerprint density at radius 2 is 1.85 bits per heavy atom. The second kappa shape index (κ2) is 5.00. The summed E-state index contributed by atoms with van der Waals surface area (Å²) in [5, 5.41) is 0. The number of hydrogen-bond donors (Lipinski definition) is 2. The fourth-order valence-electron chi connectivity index (χ4n) is 2.85. The molecule has 0 radical (unpaired) electrons. The highest BCUT2D eigenvalue weighted by Gasteiger charge is 2.41. The summed E-state index contributed by atoms with van der Waals surface area (Å²) in [7, 11) is -3.88. The quantitative estimate of drug-likeness (QED) is 0.790. The Kier molecular flexibility index (Phi) is 3.46. The molecule has 0 atom stereocenters. The Morgan fingerprint density at radius 3 is 2.35 bits per heavy atom.